The minimum absolute atomic E-state index is 0.602. The summed E-state index contributed by atoms with van der Waals surface area (Å²) in [6.07, 6.45) is 0. The van der Waals surface area contributed by atoms with Crippen molar-refractivity contribution in [2.24, 2.45) is 0 Å². The van der Waals surface area contributed by atoms with Crippen LogP contribution in [0.2, 0.25) is 0 Å². The van der Waals surface area contributed by atoms with Crippen LogP contribution >= 0.6 is 11.3 Å². The Balaban J connectivity index is 1.12. The Bertz CT molecular complexity index is 2800. The second-order valence-corrected chi connectivity index (χ2v) is 13.5. The number of thiophene rings is 1. The molecule has 0 atom stereocenters. The highest BCUT2D eigenvalue weighted by Crippen LogP contribution is 2.44. The molecular formula is C45H27N3OS. The van der Waals surface area contributed by atoms with Crippen LogP contribution in [-0.2, 0) is 0 Å². The lowest BCUT2D eigenvalue weighted by atomic mass is 9.95. The lowest BCUT2D eigenvalue weighted by molar-refractivity contribution is 0.669. The van der Waals surface area contributed by atoms with Gasteiger partial charge in [-0.3, -0.25) is 0 Å². The van der Waals surface area contributed by atoms with E-state index in [-0.39, 0.29) is 0 Å². The van der Waals surface area contributed by atoms with Gasteiger partial charge in [-0.25, -0.2) is 15.0 Å². The van der Waals surface area contributed by atoms with Gasteiger partial charge in [-0.15, -0.1) is 11.3 Å². The van der Waals surface area contributed by atoms with Crippen LogP contribution in [0.4, 0.5) is 0 Å². The zero-order valence-electron chi connectivity index (χ0n) is 26.7. The van der Waals surface area contributed by atoms with Crippen LogP contribution in [0.3, 0.4) is 0 Å². The Morgan fingerprint density at radius 2 is 0.880 bits per heavy atom. The first kappa shape index (κ1) is 28.6. The standard InChI is InChI=1S/C45H27N3OS/c1-4-12-28(13-5-1)33-24-37(42-38(25-33)36-18-10-11-19-41(36)50-42)31-20-22-34-35-23-21-32(27-40(35)49-39(34)26-31)45-47-43(29-14-6-2-7-15-29)46-44(48-45)30-16-8-3-9-17-30/h1-27H. The summed E-state index contributed by atoms with van der Waals surface area (Å²) < 4.78 is 9.19. The number of hydrogen-bond donors (Lipinski definition) is 0. The molecule has 0 N–H and O–H groups in total. The molecule has 3 heterocycles. The summed E-state index contributed by atoms with van der Waals surface area (Å²) >= 11 is 1.85. The number of nitrogens with zero attached hydrogens (tertiary/aromatic N) is 3. The van der Waals surface area contributed by atoms with E-state index in [9.17, 15) is 0 Å². The zero-order chi connectivity index (χ0) is 33.0. The van der Waals surface area contributed by atoms with Crippen molar-refractivity contribution in [2.45, 2.75) is 0 Å². The number of aromatic nitrogens is 3. The quantitative estimate of drug-likeness (QED) is 0.185. The average Bonchev–Trinajstić information content (AvgIpc) is 3.76. The molecule has 5 heteroatoms. The summed E-state index contributed by atoms with van der Waals surface area (Å²) in [6, 6.07) is 56.9. The van der Waals surface area contributed by atoms with E-state index >= 15 is 0 Å². The van der Waals surface area contributed by atoms with Gasteiger partial charge in [0.2, 0.25) is 0 Å². The molecule has 50 heavy (non-hydrogen) atoms. The highest BCUT2D eigenvalue weighted by atomic mass is 32.1. The Morgan fingerprint density at radius 3 is 1.52 bits per heavy atom. The summed E-state index contributed by atoms with van der Waals surface area (Å²) in [4.78, 5) is 14.7. The first-order chi connectivity index (χ1) is 24.7. The predicted molar refractivity (Wildman–Crippen MR) is 207 cm³/mol. The van der Waals surface area contributed by atoms with Crippen LogP contribution in [0.5, 0.6) is 0 Å². The predicted octanol–water partition coefficient (Wildman–Crippen LogP) is 12.5. The van der Waals surface area contributed by atoms with Crippen LogP contribution in [0, 0.1) is 0 Å². The molecular weight excluding hydrogens is 631 g/mol. The maximum Gasteiger partial charge on any atom is 0.164 e. The third kappa shape index (κ3) is 4.87. The van der Waals surface area contributed by atoms with Crippen molar-refractivity contribution >= 4 is 53.4 Å². The van der Waals surface area contributed by atoms with E-state index in [1.165, 1.54) is 36.9 Å². The molecule has 234 valence electrons. The summed E-state index contributed by atoms with van der Waals surface area (Å²) in [5, 5.41) is 4.69. The minimum atomic E-state index is 0.602. The fourth-order valence-electron chi connectivity index (χ4n) is 6.86. The lowest BCUT2D eigenvalue weighted by Crippen LogP contribution is -2.00. The van der Waals surface area contributed by atoms with Crippen molar-refractivity contribution in [1.82, 2.24) is 15.0 Å². The first-order valence-corrected chi connectivity index (χ1v) is 17.4. The molecule has 0 unspecified atom stereocenters. The molecule has 7 aromatic carbocycles. The molecule has 0 bridgehead atoms. The largest absolute Gasteiger partial charge is 0.456 e. The smallest absolute Gasteiger partial charge is 0.164 e. The fourth-order valence-corrected chi connectivity index (χ4v) is 8.08. The van der Waals surface area contributed by atoms with Gasteiger partial charge in [0.25, 0.3) is 0 Å². The molecule has 0 radical (unpaired) electrons. The molecule has 10 aromatic rings. The van der Waals surface area contributed by atoms with E-state index in [1.807, 2.05) is 78.1 Å². The number of benzene rings is 7. The van der Waals surface area contributed by atoms with Gasteiger partial charge in [-0.2, -0.15) is 0 Å². The monoisotopic (exact) mass is 657 g/mol. The lowest BCUT2D eigenvalue weighted by Gasteiger charge is -2.09. The van der Waals surface area contributed by atoms with Crippen LogP contribution in [0.1, 0.15) is 0 Å². The van der Waals surface area contributed by atoms with Gasteiger partial charge < -0.3 is 4.42 Å². The second-order valence-electron chi connectivity index (χ2n) is 12.4. The average molecular weight is 658 g/mol. The van der Waals surface area contributed by atoms with Crippen molar-refractivity contribution in [2.75, 3.05) is 0 Å². The van der Waals surface area contributed by atoms with Crippen LogP contribution in [0.25, 0.3) is 98.5 Å². The van der Waals surface area contributed by atoms with E-state index in [0.717, 1.165) is 44.2 Å². The number of rotatable bonds is 5. The molecule has 0 aliphatic heterocycles. The molecule has 0 amide bonds. The fraction of sp³-hybridized carbons (Fsp3) is 0. The third-order valence-electron chi connectivity index (χ3n) is 9.33. The van der Waals surface area contributed by atoms with Crippen LogP contribution < -0.4 is 0 Å². The van der Waals surface area contributed by atoms with Gasteiger partial charge >= 0.3 is 0 Å². The molecule has 4 nitrogen and oxygen atoms in total. The van der Waals surface area contributed by atoms with Gasteiger partial charge in [-0.1, -0.05) is 121 Å². The van der Waals surface area contributed by atoms with E-state index < -0.39 is 0 Å². The molecule has 0 aliphatic rings. The summed E-state index contributed by atoms with van der Waals surface area (Å²) in [6.45, 7) is 0. The molecule has 0 saturated carbocycles. The van der Waals surface area contributed by atoms with E-state index in [4.69, 9.17) is 19.4 Å². The molecule has 10 rings (SSSR count). The van der Waals surface area contributed by atoms with Gasteiger partial charge in [0.1, 0.15) is 11.2 Å². The van der Waals surface area contributed by atoms with E-state index in [1.54, 1.807) is 0 Å². The maximum absolute atomic E-state index is 6.62. The summed E-state index contributed by atoms with van der Waals surface area (Å²) in [7, 11) is 0. The molecule has 0 aliphatic carbocycles. The van der Waals surface area contributed by atoms with E-state index in [2.05, 4.69) is 97.1 Å². The third-order valence-corrected chi connectivity index (χ3v) is 10.5. The summed E-state index contributed by atoms with van der Waals surface area (Å²) in [5.74, 6) is 1.87. The molecule has 0 fully saturated rings. The normalized spacial score (nSPS) is 11.6. The summed E-state index contributed by atoms with van der Waals surface area (Å²) in [5.41, 5.74) is 9.13. The van der Waals surface area contributed by atoms with E-state index in [0.29, 0.717) is 17.5 Å². The van der Waals surface area contributed by atoms with Gasteiger partial charge in [-0.05, 0) is 59.2 Å². The first-order valence-electron chi connectivity index (χ1n) is 16.6. The van der Waals surface area contributed by atoms with Crippen LogP contribution in [-0.4, -0.2) is 15.0 Å². The molecule has 0 spiro atoms. The van der Waals surface area contributed by atoms with Crippen molar-refractivity contribution in [3.63, 3.8) is 0 Å². The van der Waals surface area contributed by atoms with Gasteiger partial charge in [0.15, 0.2) is 17.5 Å². The number of hydrogen-bond acceptors (Lipinski definition) is 5. The van der Waals surface area contributed by atoms with Crippen molar-refractivity contribution in [3.05, 3.63) is 164 Å². The number of furan rings is 1. The Labute approximate surface area is 292 Å². The van der Waals surface area contributed by atoms with Gasteiger partial charge in [0.05, 0.1) is 0 Å². The second kappa shape index (κ2) is 11.6. The Kier molecular flexibility index (Phi) is 6.64. The topological polar surface area (TPSA) is 51.8 Å². The number of fused-ring (bicyclic) bond motifs is 6. The molecule has 3 aromatic heterocycles. The SMILES string of the molecule is c1ccc(-c2cc(-c3ccc4c(c3)oc3cc(-c5nc(-c6ccccc6)nc(-c6ccccc6)n5)ccc34)c3sc4ccccc4c3c2)cc1. The van der Waals surface area contributed by atoms with Crippen molar-refractivity contribution in [3.8, 4) is 56.4 Å². The Hall–Kier alpha value is -6.43. The maximum atomic E-state index is 6.62. The minimum Gasteiger partial charge on any atom is -0.456 e. The molecule has 0 saturated heterocycles. The Morgan fingerprint density at radius 1 is 0.360 bits per heavy atom. The van der Waals surface area contributed by atoms with Crippen LogP contribution in [0.15, 0.2) is 168 Å². The highest BCUT2D eigenvalue weighted by Gasteiger charge is 2.17. The van der Waals surface area contributed by atoms with Crippen molar-refractivity contribution < 1.29 is 4.42 Å². The highest BCUT2D eigenvalue weighted by molar-refractivity contribution is 7.26. The zero-order valence-corrected chi connectivity index (χ0v) is 27.6. The van der Waals surface area contributed by atoms with Gasteiger partial charge in [0, 0.05) is 53.2 Å². The van der Waals surface area contributed by atoms with Crippen molar-refractivity contribution in [1.29, 1.82) is 0 Å².